The minimum absolute atomic E-state index is 0.0402. The van der Waals surface area contributed by atoms with Crippen LogP contribution in [-0.2, 0) is 14.3 Å². The molecule has 17 heavy (non-hydrogen) atoms. The zero-order chi connectivity index (χ0) is 12.4. The summed E-state index contributed by atoms with van der Waals surface area (Å²) in [6, 6.07) is 0.216. The number of ether oxygens (including phenoxy) is 1. The number of aliphatic carboxylic acids is 1. The van der Waals surface area contributed by atoms with Gasteiger partial charge in [-0.05, 0) is 19.8 Å². The Labute approximate surface area is 104 Å². The van der Waals surface area contributed by atoms with Crippen LogP contribution in [0, 0.1) is 0 Å². The van der Waals surface area contributed by atoms with E-state index >= 15 is 0 Å². The fraction of sp³-hybridized carbons (Fsp3) is 0.818. The fourth-order valence-corrected chi connectivity index (χ4v) is 3.25. The highest BCUT2D eigenvalue weighted by atomic mass is 32.2. The summed E-state index contributed by atoms with van der Waals surface area (Å²) in [6.07, 6.45) is -0.408. The first-order valence-electron chi connectivity index (χ1n) is 5.86. The third-order valence-electron chi connectivity index (χ3n) is 3.22. The van der Waals surface area contributed by atoms with Crippen molar-refractivity contribution >= 4 is 23.6 Å². The molecule has 6 heteroatoms. The molecule has 3 atom stereocenters. The number of rotatable bonds is 2. The molecule has 2 heterocycles. The van der Waals surface area contributed by atoms with Crippen molar-refractivity contribution in [2.24, 2.45) is 0 Å². The molecular weight excluding hydrogens is 242 g/mol. The molecule has 0 aromatic heterocycles. The van der Waals surface area contributed by atoms with E-state index < -0.39 is 18.2 Å². The van der Waals surface area contributed by atoms with Gasteiger partial charge in [-0.1, -0.05) is 0 Å². The summed E-state index contributed by atoms with van der Waals surface area (Å²) < 4.78 is 5.29. The zero-order valence-corrected chi connectivity index (χ0v) is 10.6. The molecule has 0 aromatic carbocycles. The van der Waals surface area contributed by atoms with Crippen LogP contribution < -0.4 is 0 Å². The van der Waals surface area contributed by atoms with Gasteiger partial charge in [-0.2, -0.15) is 11.8 Å². The quantitative estimate of drug-likeness (QED) is 0.786. The number of carbonyl (C=O) groups excluding carboxylic acids is 1. The molecule has 0 radical (unpaired) electrons. The molecule has 1 N–H and O–H groups in total. The second kappa shape index (κ2) is 5.27. The molecule has 0 aliphatic carbocycles. The Morgan fingerprint density at radius 1 is 1.35 bits per heavy atom. The van der Waals surface area contributed by atoms with Crippen molar-refractivity contribution in [3.8, 4) is 0 Å². The van der Waals surface area contributed by atoms with Gasteiger partial charge in [0.05, 0.1) is 0 Å². The monoisotopic (exact) mass is 259 g/mol. The number of carbonyl (C=O) groups is 2. The summed E-state index contributed by atoms with van der Waals surface area (Å²) in [7, 11) is 0. The average molecular weight is 259 g/mol. The lowest BCUT2D eigenvalue weighted by molar-refractivity contribution is -0.155. The van der Waals surface area contributed by atoms with E-state index in [1.165, 1.54) is 0 Å². The van der Waals surface area contributed by atoms with Gasteiger partial charge >= 0.3 is 5.97 Å². The van der Waals surface area contributed by atoms with Crippen LogP contribution in [-0.4, -0.2) is 58.2 Å². The molecule has 2 rings (SSSR count). The number of hydrogen-bond acceptors (Lipinski definition) is 4. The van der Waals surface area contributed by atoms with E-state index in [1.54, 1.807) is 0 Å². The van der Waals surface area contributed by atoms with Crippen LogP contribution >= 0.6 is 11.8 Å². The van der Waals surface area contributed by atoms with Crippen molar-refractivity contribution in [3.63, 3.8) is 0 Å². The van der Waals surface area contributed by atoms with Gasteiger partial charge < -0.3 is 14.7 Å². The van der Waals surface area contributed by atoms with Crippen LogP contribution in [0.1, 0.15) is 19.8 Å². The van der Waals surface area contributed by atoms with Crippen molar-refractivity contribution < 1.29 is 19.4 Å². The van der Waals surface area contributed by atoms with E-state index in [2.05, 4.69) is 0 Å². The lowest BCUT2D eigenvalue weighted by atomic mass is 10.1. The van der Waals surface area contributed by atoms with Gasteiger partial charge in [-0.15, -0.1) is 0 Å². The number of hydrogen-bond donors (Lipinski definition) is 1. The smallest absolute Gasteiger partial charge is 0.332 e. The van der Waals surface area contributed by atoms with Gasteiger partial charge in [0.1, 0.15) is 6.10 Å². The Hall–Kier alpha value is -0.750. The van der Waals surface area contributed by atoms with E-state index in [1.807, 2.05) is 23.6 Å². The largest absolute Gasteiger partial charge is 0.479 e. The van der Waals surface area contributed by atoms with E-state index in [9.17, 15) is 9.59 Å². The molecular formula is C11H17NO4S. The van der Waals surface area contributed by atoms with Crippen molar-refractivity contribution in [1.29, 1.82) is 0 Å². The maximum Gasteiger partial charge on any atom is 0.332 e. The van der Waals surface area contributed by atoms with Gasteiger partial charge in [-0.25, -0.2) is 4.79 Å². The van der Waals surface area contributed by atoms with Crippen molar-refractivity contribution in [1.82, 2.24) is 4.90 Å². The maximum atomic E-state index is 12.2. The zero-order valence-electron chi connectivity index (χ0n) is 9.80. The average Bonchev–Trinajstić information content (AvgIpc) is 2.78. The summed E-state index contributed by atoms with van der Waals surface area (Å²) >= 11 is 1.84. The molecule has 0 aromatic rings. The van der Waals surface area contributed by atoms with Crippen molar-refractivity contribution in [2.45, 2.75) is 38.0 Å². The predicted molar refractivity (Wildman–Crippen MR) is 64.0 cm³/mol. The standard InChI is InChI=1S/C11H17NO4S/c1-7-6-17-5-4-12(7)10(13)8-2-3-9(16-8)11(14)15/h7-9H,2-6H2,1H3,(H,14,15). The Balaban J connectivity index is 1.94. The van der Waals surface area contributed by atoms with E-state index in [4.69, 9.17) is 9.84 Å². The highest BCUT2D eigenvalue weighted by molar-refractivity contribution is 7.99. The lowest BCUT2D eigenvalue weighted by Crippen LogP contribution is -2.49. The molecule has 0 saturated carbocycles. The van der Waals surface area contributed by atoms with Crippen LogP contribution in [0.4, 0.5) is 0 Å². The Morgan fingerprint density at radius 2 is 2.06 bits per heavy atom. The third-order valence-corrected chi connectivity index (χ3v) is 4.41. The number of amides is 1. The summed E-state index contributed by atoms with van der Waals surface area (Å²) in [5.74, 6) is 0.885. The molecule has 5 nitrogen and oxygen atoms in total. The fourth-order valence-electron chi connectivity index (χ4n) is 2.24. The molecule has 1 amide bonds. The summed E-state index contributed by atoms with van der Waals surface area (Å²) in [5, 5.41) is 8.82. The Kier molecular flexibility index (Phi) is 3.93. The van der Waals surface area contributed by atoms with E-state index in [-0.39, 0.29) is 11.9 Å². The second-order valence-electron chi connectivity index (χ2n) is 4.48. The molecule has 0 bridgehead atoms. The molecule has 0 spiro atoms. The predicted octanol–water partition coefficient (Wildman–Crippen LogP) is 0.583. The van der Waals surface area contributed by atoms with E-state index in [0.717, 1.165) is 18.1 Å². The van der Waals surface area contributed by atoms with Gasteiger partial charge in [0, 0.05) is 24.1 Å². The summed E-state index contributed by atoms with van der Waals surface area (Å²) in [6.45, 7) is 2.76. The van der Waals surface area contributed by atoms with Gasteiger partial charge in [0.25, 0.3) is 5.91 Å². The van der Waals surface area contributed by atoms with Gasteiger partial charge in [-0.3, -0.25) is 4.79 Å². The summed E-state index contributed by atoms with van der Waals surface area (Å²) in [5.41, 5.74) is 0. The number of carboxylic acids is 1. The van der Waals surface area contributed by atoms with Crippen LogP contribution in [0.2, 0.25) is 0 Å². The van der Waals surface area contributed by atoms with Gasteiger partial charge in [0.2, 0.25) is 0 Å². The molecule has 2 fully saturated rings. The lowest BCUT2D eigenvalue weighted by Gasteiger charge is -2.34. The highest BCUT2D eigenvalue weighted by Crippen LogP contribution is 2.24. The van der Waals surface area contributed by atoms with E-state index in [0.29, 0.717) is 12.8 Å². The molecule has 2 aliphatic rings. The first-order chi connectivity index (χ1) is 8.09. The van der Waals surface area contributed by atoms with Crippen molar-refractivity contribution in [2.75, 3.05) is 18.1 Å². The van der Waals surface area contributed by atoms with Crippen LogP contribution in [0.25, 0.3) is 0 Å². The molecule has 2 saturated heterocycles. The molecule has 96 valence electrons. The maximum absolute atomic E-state index is 12.2. The topological polar surface area (TPSA) is 66.8 Å². The third kappa shape index (κ3) is 2.74. The number of carboxylic acid groups (broad SMARTS) is 1. The first-order valence-corrected chi connectivity index (χ1v) is 7.01. The second-order valence-corrected chi connectivity index (χ2v) is 5.63. The highest BCUT2D eigenvalue weighted by Gasteiger charge is 2.38. The SMILES string of the molecule is CC1CSCCN1C(=O)C1CCC(C(=O)O)O1. The van der Waals surface area contributed by atoms with Crippen LogP contribution in [0.5, 0.6) is 0 Å². The first kappa shape index (κ1) is 12.7. The Morgan fingerprint density at radius 3 is 2.65 bits per heavy atom. The minimum atomic E-state index is -0.970. The molecule has 3 unspecified atom stereocenters. The summed E-state index contributed by atoms with van der Waals surface area (Å²) in [4.78, 5) is 24.8. The van der Waals surface area contributed by atoms with Crippen molar-refractivity contribution in [3.05, 3.63) is 0 Å². The minimum Gasteiger partial charge on any atom is -0.479 e. The molecule has 2 aliphatic heterocycles. The number of thioether (sulfide) groups is 1. The normalized spacial score (nSPS) is 33.7. The van der Waals surface area contributed by atoms with Crippen LogP contribution in [0.15, 0.2) is 0 Å². The van der Waals surface area contributed by atoms with Gasteiger partial charge in [0.15, 0.2) is 6.10 Å². The number of nitrogens with zero attached hydrogens (tertiary/aromatic N) is 1. The van der Waals surface area contributed by atoms with Crippen LogP contribution in [0.3, 0.4) is 0 Å². The Bertz CT molecular complexity index is 323.